The number of fused-ring (bicyclic) bond motifs is 1. The van der Waals surface area contributed by atoms with Crippen LogP contribution in [0.4, 0.5) is 5.69 Å². The molecule has 28 heavy (non-hydrogen) atoms. The van der Waals surface area contributed by atoms with E-state index in [-0.39, 0.29) is 17.6 Å². The molecule has 7 heteroatoms. The highest BCUT2D eigenvalue weighted by atomic mass is 32.2. The molecule has 3 rings (SSSR count). The van der Waals surface area contributed by atoms with Crippen molar-refractivity contribution in [2.75, 3.05) is 24.3 Å². The van der Waals surface area contributed by atoms with Gasteiger partial charge in [-0.25, -0.2) is 9.78 Å². The average molecular weight is 398 g/mol. The molecule has 0 saturated heterocycles. The Morgan fingerprint density at radius 3 is 2.57 bits per heavy atom. The number of para-hydroxylation sites is 1. The molecule has 0 aliphatic heterocycles. The topological polar surface area (TPSA) is 64.4 Å². The monoisotopic (exact) mass is 397 g/mol. The van der Waals surface area contributed by atoms with E-state index in [1.165, 1.54) is 11.8 Å². The van der Waals surface area contributed by atoms with Crippen LogP contribution in [0.15, 0.2) is 53.7 Å². The van der Waals surface area contributed by atoms with Crippen LogP contribution < -0.4 is 4.90 Å². The van der Waals surface area contributed by atoms with Gasteiger partial charge in [-0.1, -0.05) is 30.0 Å². The standard InChI is InChI=1S/C21H23N3O3S/c1-4-24-18-12-11-15(20(26)27-5-2)13-17(18)22-21(24)28-14-19(25)23(3)16-9-7-6-8-10-16/h6-13H,4-5,14H2,1-3H3. The second-order valence-corrected chi connectivity index (χ2v) is 7.08. The zero-order valence-corrected chi connectivity index (χ0v) is 17.0. The summed E-state index contributed by atoms with van der Waals surface area (Å²) in [5, 5.41) is 0.758. The molecule has 146 valence electrons. The number of carbonyl (C=O) groups is 2. The van der Waals surface area contributed by atoms with E-state index in [0.717, 1.165) is 28.4 Å². The van der Waals surface area contributed by atoms with Crippen LogP contribution in [-0.4, -0.2) is 40.8 Å². The van der Waals surface area contributed by atoms with Crippen molar-refractivity contribution >= 4 is 40.4 Å². The van der Waals surface area contributed by atoms with Gasteiger partial charge in [-0.05, 0) is 44.2 Å². The summed E-state index contributed by atoms with van der Waals surface area (Å²) in [7, 11) is 1.77. The molecule has 0 aliphatic carbocycles. The average Bonchev–Trinajstić information content (AvgIpc) is 3.08. The fourth-order valence-electron chi connectivity index (χ4n) is 2.88. The molecule has 0 unspecified atom stereocenters. The van der Waals surface area contributed by atoms with Gasteiger partial charge in [-0.3, -0.25) is 4.79 Å². The molecule has 1 amide bonds. The van der Waals surface area contributed by atoms with E-state index >= 15 is 0 Å². The minimum absolute atomic E-state index is 0.00174. The Balaban J connectivity index is 1.78. The maximum atomic E-state index is 12.6. The number of anilines is 1. The number of rotatable bonds is 7. The van der Waals surface area contributed by atoms with Crippen molar-refractivity contribution in [1.29, 1.82) is 0 Å². The molecule has 0 saturated carbocycles. The lowest BCUT2D eigenvalue weighted by molar-refractivity contribution is -0.115. The number of hydrogen-bond acceptors (Lipinski definition) is 5. The molecule has 3 aromatic rings. The quantitative estimate of drug-likeness (QED) is 0.446. The van der Waals surface area contributed by atoms with Gasteiger partial charge in [0.1, 0.15) is 0 Å². The number of aromatic nitrogens is 2. The van der Waals surface area contributed by atoms with Crippen molar-refractivity contribution in [2.45, 2.75) is 25.5 Å². The first kappa shape index (κ1) is 19.9. The number of imidazole rings is 1. The fraction of sp³-hybridized carbons (Fsp3) is 0.286. The lowest BCUT2D eigenvalue weighted by Crippen LogP contribution is -2.27. The van der Waals surface area contributed by atoms with Crippen LogP contribution >= 0.6 is 11.8 Å². The van der Waals surface area contributed by atoms with E-state index in [2.05, 4.69) is 4.98 Å². The summed E-state index contributed by atoms with van der Waals surface area (Å²) in [6.07, 6.45) is 0. The SMILES string of the molecule is CCOC(=O)c1ccc2c(c1)nc(SCC(=O)N(C)c1ccccc1)n2CC. The number of aryl methyl sites for hydroxylation is 1. The van der Waals surface area contributed by atoms with E-state index in [1.807, 2.05) is 47.9 Å². The third-order valence-corrected chi connectivity index (χ3v) is 5.34. The lowest BCUT2D eigenvalue weighted by atomic mass is 10.2. The highest BCUT2D eigenvalue weighted by molar-refractivity contribution is 7.99. The Morgan fingerprint density at radius 2 is 1.89 bits per heavy atom. The molecule has 0 radical (unpaired) electrons. The van der Waals surface area contributed by atoms with E-state index in [0.29, 0.717) is 12.2 Å². The molecule has 1 aromatic heterocycles. The highest BCUT2D eigenvalue weighted by Gasteiger charge is 2.16. The third kappa shape index (κ3) is 4.20. The first-order valence-corrected chi connectivity index (χ1v) is 10.2. The Labute approximate surface area is 168 Å². The largest absolute Gasteiger partial charge is 0.462 e. The Kier molecular flexibility index (Phi) is 6.36. The number of hydrogen-bond donors (Lipinski definition) is 0. The fourth-order valence-corrected chi connectivity index (χ4v) is 3.88. The Bertz CT molecular complexity index is 985. The van der Waals surface area contributed by atoms with Crippen molar-refractivity contribution in [1.82, 2.24) is 9.55 Å². The molecular formula is C21H23N3O3S. The summed E-state index contributed by atoms with van der Waals surface area (Å²) in [5.41, 5.74) is 2.99. The Morgan fingerprint density at radius 1 is 1.14 bits per heavy atom. The van der Waals surface area contributed by atoms with Gasteiger partial charge in [0.2, 0.25) is 5.91 Å². The van der Waals surface area contributed by atoms with Crippen LogP contribution in [0.2, 0.25) is 0 Å². The minimum Gasteiger partial charge on any atom is -0.462 e. The van der Waals surface area contributed by atoms with E-state index in [1.54, 1.807) is 31.0 Å². The van der Waals surface area contributed by atoms with Gasteiger partial charge in [0.05, 0.1) is 29.0 Å². The molecular weight excluding hydrogens is 374 g/mol. The third-order valence-electron chi connectivity index (χ3n) is 4.38. The predicted octanol–water partition coefficient (Wildman–Crippen LogP) is 3.99. The zero-order valence-electron chi connectivity index (χ0n) is 16.2. The number of amides is 1. The van der Waals surface area contributed by atoms with E-state index in [9.17, 15) is 9.59 Å². The van der Waals surface area contributed by atoms with Crippen LogP contribution in [0, 0.1) is 0 Å². The van der Waals surface area contributed by atoms with Crippen LogP contribution in [0.1, 0.15) is 24.2 Å². The maximum Gasteiger partial charge on any atom is 0.338 e. The van der Waals surface area contributed by atoms with Gasteiger partial charge in [-0.15, -0.1) is 0 Å². The zero-order chi connectivity index (χ0) is 20.1. The molecule has 0 bridgehead atoms. The van der Waals surface area contributed by atoms with Gasteiger partial charge in [0.15, 0.2) is 5.16 Å². The summed E-state index contributed by atoms with van der Waals surface area (Å²) in [4.78, 5) is 30.8. The van der Waals surface area contributed by atoms with Gasteiger partial charge < -0.3 is 14.2 Å². The van der Waals surface area contributed by atoms with Crippen molar-refractivity contribution < 1.29 is 14.3 Å². The van der Waals surface area contributed by atoms with Crippen LogP contribution in [0.3, 0.4) is 0 Å². The molecule has 1 heterocycles. The van der Waals surface area contributed by atoms with Crippen LogP contribution in [0.5, 0.6) is 0 Å². The van der Waals surface area contributed by atoms with Gasteiger partial charge in [0.25, 0.3) is 0 Å². The molecule has 0 fully saturated rings. The molecule has 0 spiro atoms. The minimum atomic E-state index is -0.357. The van der Waals surface area contributed by atoms with E-state index in [4.69, 9.17) is 4.74 Å². The van der Waals surface area contributed by atoms with Crippen molar-refractivity contribution in [3.05, 3.63) is 54.1 Å². The lowest BCUT2D eigenvalue weighted by Gasteiger charge is -2.16. The van der Waals surface area contributed by atoms with Crippen LogP contribution in [-0.2, 0) is 16.1 Å². The normalized spacial score (nSPS) is 10.8. The van der Waals surface area contributed by atoms with Crippen molar-refractivity contribution in [3.63, 3.8) is 0 Å². The number of thioether (sulfide) groups is 1. The molecule has 0 N–H and O–H groups in total. The second-order valence-electron chi connectivity index (χ2n) is 6.14. The summed E-state index contributed by atoms with van der Waals surface area (Å²) < 4.78 is 7.11. The number of ether oxygens (including phenoxy) is 1. The highest BCUT2D eigenvalue weighted by Crippen LogP contribution is 2.26. The summed E-state index contributed by atoms with van der Waals surface area (Å²) in [6, 6.07) is 14.9. The van der Waals surface area contributed by atoms with Gasteiger partial charge in [-0.2, -0.15) is 0 Å². The first-order chi connectivity index (χ1) is 13.5. The summed E-state index contributed by atoms with van der Waals surface area (Å²) in [5.74, 6) is -0.0816. The van der Waals surface area contributed by atoms with Gasteiger partial charge in [0, 0.05) is 19.3 Å². The number of esters is 1. The maximum absolute atomic E-state index is 12.6. The molecule has 2 aromatic carbocycles. The molecule has 0 aliphatic rings. The Hall–Kier alpha value is -2.80. The number of nitrogens with zero attached hydrogens (tertiary/aromatic N) is 3. The number of carbonyl (C=O) groups excluding carboxylic acids is 2. The van der Waals surface area contributed by atoms with E-state index < -0.39 is 0 Å². The number of benzene rings is 2. The predicted molar refractivity (Wildman–Crippen MR) is 112 cm³/mol. The summed E-state index contributed by atoms with van der Waals surface area (Å²) >= 11 is 1.40. The first-order valence-electron chi connectivity index (χ1n) is 9.17. The molecule has 6 nitrogen and oxygen atoms in total. The van der Waals surface area contributed by atoms with Crippen molar-refractivity contribution in [3.8, 4) is 0 Å². The summed E-state index contributed by atoms with van der Waals surface area (Å²) in [6.45, 7) is 4.86. The second kappa shape index (κ2) is 8.93. The van der Waals surface area contributed by atoms with Crippen LogP contribution in [0.25, 0.3) is 11.0 Å². The van der Waals surface area contributed by atoms with Gasteiger partial charge >= 0.3 is 5.97 Å². The molecule has 0 atom stereocenters. The smallest absolute Gasteiger partial charge is 0.338 e. The van der Waals surface area contributed by atoms with Crippen molar-refractivity contribution in [2.24, 2.45) is 0 Å².